The van der Waals surface area contributed by atoms with Gasteiger partial charge in [0.15, 0.2) is 0 Å². The van der Waals surface area contributed by atoms with Crippen LogP contribution in [0.1, 0.15) is 42.8 Å². The summed E-state index contributed by atoms with van der Waals surface area (Å²) in [5, 5.41) is 28.3. The van der Waals surface area contributed by atoms with Crippen LogP contribution in [0.5, 0.6) is 0 Å². The monoisotopic (exact) mass is 519 g/mol. The number of hydrogen-bond donors (Lipinski definition) is 4. The lowest BCUT2D eigenvalue weighted by molar-refractivity contribution is -0.125. The van der Waals surface area contributed by atoms with E-state index in [1.807, 2.05) is 36.4 Å². The fraction of sp³-hybridized carbons (Fsp3) is 0.357. The molecular formula is C28H33N5O3S. The number of nitriles is 1. The zero-order valence-corrected chi connectivity index (χ0v) is 22.1. The number of amides is 2. The van der Waals surface area contributed by atoms with Gasteiger partial charge in [-0.1, -0.05) is 56.8 Å². The van der Waals surface area contributed by atoms with Crippen molar-refractivity contribution < 1.29 is 14.7 Å². The van der Waals surface area contributed by atoms with E-state index in [4.69, 9.17) is 10.2 Å². The van der Waals surface area contributed by atoms with Crippen molar-refractivity contribution in [2.45, 2.75) is 57.8 Å². The third-order valence-corrected chi connectivity index (χ3v) is 6.89. The minimum atomic E-state index is -0.913. The van der Waals surface area contributed by atoms with Gasteiger partial charge < -0.3 is 15.7 Å². The number of carbonyl (C=O) groups is 2. The Morgan fingerprint density at radius 2 is 1.86 bits per heavy atom. The molecule has 8 nitrogen and oxygen atoms in total. The third-order valence-electron chi connectivity index (χ3n) is 5.85. The molecule has 3 rings (SSSR count). The summed E-state index contributed by atoms with van der Waals surface area (Å²) in [7, 11) is 0. The lowest BCUT2D eigenvalue weighted by Gasteiger charge is -2.24. The molecule has 4 N–H and O–H groups in total. The Morgan fingerprint density at radius 3 is 2.51 bits per heavy atom. The van der Waals surface area contributed by atoms with Gasteiger partial charge in [0.1, 0.15) is 17.9 Å². The maximum atomic E-state index is 13.4. The Morgan fingerprint density at radius 1 is 1.14 bits per heavy atom. The Balaban J connectivity index is 1.77. The van der Waals surface area contributed by atoms with E-state index in [2.05, 4.69) is 48.5 Å². The number of nitrogens with zero attached hydrogens (tertiary/aromatic N) is 2. The summed E-state index contributed by atoms with van der Waals surface area (Å²) in [5.41, 5.74) is 2.88. The minimum absolute atomic E-state index is 0.112. The van der Waals surface area contributed by atoms with E-state index >= 15 is 0 Å². The van der Waals surface area contributed by atoms with Crippen LogP contribution >= 0.6 is 11.3 Å². The van der Waals surface area contributed by atoms with Gasteiger partial charge in [0.2, 0.25) is 5.91 Å². The summed E-state index contributed by atoms with van der Waals surface area (Å²) < 4.78 is 1.06. The molecule has 0 bridgehead atoms. The zero-order chi connectivity index (χ0) is 26.9. The second kappa shape index (κ2) is 13.1. The van der Waals surface area contributed by atoms with Gasteiger partial charge in [-0.15, -0.1) is 11.3 Å². The number of nitrogens with one attached hydrogen (secondary N) is 3. The molecule has 0 saturated carbocycles. The summed E-state index contributed by atoms with van der Waals surface area (Å²) in [5.74, 6) is -0.501. The average molecular weight is 520 g/mol. The molecule has 1 heterocycles. The second-order valence-corrected chi connectivity index (χ2v) is 10.4. The van der Waals surface area contributed by atoms with Crippen LogP contribution in [-0.2, 0) is 22.4 Å². The number of thiazole rings is 1. The fourth-order valence-electron chi connectivity index (χ4n) is 3.88. The molecule has 194 valence electrons. The number of benzene rings is 2. The third kappa shape index (κ3) is 8.22. The van der Waals surface area contributed by atoms with Crippen LogP contribution in [0, 0.1) is 11.3 Å². The normalized spacial score (nSPS) is 13.5. The molecule has 0 saturated heterocycles. The highest BCUT2D eigenvalue weighted by atomic mass is 32.1. The molecule has 0 radical (unpaired) electrons. The molecule has 2 aromatic carbocycles. The molecule has 9 heteroatoms. The molecule has 0 aliphatic rings. The van der Waals surface area contributed by atoms with E-state index in [0.29, 0.717) is 18.8 Å². The molecule has 3 atom stereocenters. The summed E-state index contributed by atoms with van der Waals surface area (Å²) in [6, 6.07) is 16.3. The second-order valence-electron chi connectivity index (χ2n) is 9.28. The fourth-order valence-corrected chi connectivity index (χ4v) is 4.94. The van der Waals surface area contributed by atoms with E-state index in [0.717, 1.165) is 20.8 Å². The predicted octanol–water partition coefficient (Wildman–Crippen LogP) is 3.18. The molecule has 3 aromatic rings. The van der Waals surface area contributed by atoms with Gasteiger partial charge in [-0.25, -0.2) is 4.98 Å². The minimum Gasteiger partial charge on any atom is -0.379 e. The number of hydrogen-bond acceptors (Lipinski definition) is 7. The van der Waals surface area contributed by atoms with Gasteiger partial charge in [0.05, 0.1) is 27.3 Å². The molecule has 0 aliphatic carbocycles. The number of aromatic nitrogens is 1. The smallest absolute Gasteiger partial charge is 0.261 e. The number of carbonyl (C=O) groups excluding carboxylic acids is 2. The maximum Gasteiger partial charge on any atom is 0.261 e. The summed E-state index contributed by atoms with van der Waals surface area (Å²) in [6.45, 7) is 9.38. The Bertz CT molecular complexity index is 1280. The van der Waals surface area contributed by atoms with Crippen molar-refractivity contribution in [3.05, 3.63) is 76.8 Å². The Hall–Kier alpha value is -3.58. The van der Waals surface area contributed by atoms with Crippen molar-refractivity contribution in [3.63, 3.8) is 0 Å². The first-order chi connectivity index (χ1) is 17.7. The van der Waals surface area contributed by atoms with Crippen molar-refractivity contribution >= 4 is 33.4 Å². The zero-order valence-electron chi connectivity index (χ0n) is 21.3. The number of rotatable bonds is 12. The van der Waals surface area contributed by atoms with Gasteiger partial charge >= 0.3 is 0 Å². The van der Waals surface area contributed by atoms with E-state index in [1.165, 1.54) is 16.9 Å². The summed E-state index contributed by atoms with van der Waals surface area (Å²) >= 11 is 1.53. The highest BCUT2D eigenvalue weighted by Crippen LogP contribution is 2.27. The Labute approximate surface area is 221 Å². The molecule has 2 unspecified atom stereocenters. The van der Waals surface area contributed by atoms with Crippen LogP contribution in [0.3, 0.4) is 0 Å². The maximum absolute atomic E-state index is 13.4. The Kier molecular flexibility index (Phi) is 9.92. The van der Waals surface area contributed by atoms with Crippen molar-refractivity contribution in [1.29, 1.82) is 5.26 Å². The van der Waals surface area contributed by atoms with Gasteiger partial charge in [-0.3, -0.25) is 14.9 Å². The van der Waals surface area contributed by atoms with Crippen LogP contribution in [0.15, 0.2) is 60.7 Å². The molecule has 0 aliphatic heterocycles. The lowest BCUT2D eigenvalue weighted by Crippen LogP contribution is -2.54. The molecule has 0 spiro atoms. The van der Waals surface area contributed by atoms with Crippen LogP contribution in [0.2, 0.25) is 0 Å². The number of aliphatic hydroxyl groups is 1. The van der Waals surface area contributed by atoms with Crippen LogP contribution in [0.25, 0.3) is 10.2 Å². The SMILES string of the molecule is C=C(C#N)C(=O)NCC(Cc1ccccc1)NC(=O)[C@H](Cc1nc2ccc(C(C)C)cc2s1)NC(C)O. The van der Waals surface area contributed by atoms with Gasteiger partial charge in [0.25, 0.3) is 5.91 Å². The lowest BCUT2D eigenvalue weighted by atomic mass is 10.0. The van der Waals surface area contributed by atoms with Crippen molar-refractivity contribution in [2.24, 2.45) is 0 Å². The summed E-state index contributed by atoms with van der Waals surface area (Å²) in [4.78, 5) is 30.2. The quantitative estimate of drug-likeness (QED) is 0.165. The van der Waals surface area contributed by atoms with Crippen molar-refractivity contribution in [3.8, 4) is 6.07 Å². The van der Waals surface area contributed by atoms with E-state index in [9.17, 15) is 14.7 Å². The van der Waals surface area contributed by atoms with Gasteiger partial charge in [0, 0.05) is 13.0 Å². The van der Waals surface area contributed by atoms with E-state index in [-0.39, 0.29) is 18.0 Å². The van der Waals surface area contributed by atoms with Gasteiger partial charge in [-0.05, 0) is 42.5 Å². The highest BCUT2D eigenvalue weighted by Gasteiger charge is 2.25. The average Bonchev–Trinajstić information content (AvgIpc) is 3.28. The highest BCUT2D eigenvalue weighted by molar-refractivity contribution is 7.18. The number of fused-ring (bicyclic) bond motifs is 1. The van der Waals surface area contributed by atoms with Crippen LogP contribution < -0.4 is 16.0 Å². The van der Waals surface area contributed by atoms with Crippen molar-refractivity contribution in [1.82, 2.24) is 20.9 Å². The van der Waals surface area contributed by atoms with Crippen molar-refractivity contribution in [2.75, 3.05) is 6.54 Å². The molecule has 2 amide bonds. The first-order valence-electron chi connectivity index (χ1n) is 12.2. The predicted molar refractivity (Wildman–Crippen MR) is 146 cm³/mol. The van der Waals surface area contributed by atoms with Gasteiger partial charge in [-0.2, -0.15) is 5.26 Å². The van der Waals surface area contributed by atoms with Crippen LogP contribution in [0.4, 0.5) is 0 Å². The first kappa shape index (κ1) is 28.0. The molecule has 0 fully saturated rings. The largest absolute Gasteiger partial charge is 0.379 e. The van der Waals surface area contributed by atoms with E-state index < -0.39 is 24.2 Å². The van der Waals surface area contributed by atoms with E-state index in [1.54, 1.807) is 13.0 Å². The molecular weight excluding hydrogens is 486 g/mol. The number of aliphatic hydroxyl groups excluding tert-OH is 1. The topological polar surface area (TPSA) is 127 Å². The molecule has 1 aromatic heterocycles. The summed E-state index contributed by atoms with van der Waals surface area (Å²) in [6.07, 6.45) is -0.154. The standard InChI is InChI=1S/C28H33N5O3S/c1-17(2)21-10-11-23-25(13-21)37-26(33-23)14-24(31-19(4)34)28(36)32-22(12-20-8-6-5-7-9-20)16-30-27(35)18(3)15-29/h5-11,13,17,19,22,24,31,34H,3,12,14,16H2,1-2,4H3,(H,30,35)(H,32,36)/t19?,22?,24-/m0/s1. The first-order valence-corrected chi connectivity index (χ1v) is 13.0. The molecule has 37 heavy (non-hydrogen) atoms. The van der Waals surface area contributed by atoms with Crippen LogP contribution in [-0.4, -0.2) is 46.8 Å².